The van der Waals surface area contributed by atoms with E-state index in [1.165, 1.54) is 29.5 Å². The van der Waals surface area contributed by atoms with E-state index in [-0.39, 0.29) is 28.6 Å². The molecule has 0 spiro atoms. The Labute approximate surface area is 183 Å². The van der Waals surface area contributed by atoms with Crippen molar-refractivity contribution in [2.75, 3.05) is 5.32 Å². The van der Waals surface area contributed by atoms with E-state index in [4.69, 9.17) is 15.3 Å². The molecule has 0 aliphatic carbocycles. The van der Waals surface area contributed by atoms with Gasteiger partial charge in [-0.1, -0.05) is 0 Å². The van der Waals surface area contributed by atoms with Gasteiger partial charge < -0.3 is 10.1 Å². The first kappa shape index (κ1) is 20.8. The van der Waals surface area contributed by atoms with Crippen LogP contribution in [0.1, 0.15) is 11.1 Å². The summed E-state index contributed by atoms with van der Waals surface area (Å²) in [4.78, 5) is 8.47. The third-order valence-electron chi connectivity index (χ3n) is 4.19. The molecule has 0 atom stereocenters. The summed E-state index contributed by atoms with van der Waals surface area (Å²) >= 11 is 1.22. The Morgan fingerprint density at radius 1 is 1.00 bits per heavy atom. The second-order valence-electron chi connectivity index (χ2n) is 6.30. The number of anilines is 2. The molecule has 0 saturated carbocycles. The first-order valence-corrected chi connectivity index (χ1v) is 9.81. The van der Waals surface area contributed by atoms with Gasteiger partial charge in [0, 0.05) is 11.8 Å². The highest BCUT2D eigenvalue weighted by Crippen LogP contribution is 2.35. The smallest absolute Gasteiger partial charge is 0.242 e. The minimum Gasteiger partial charge on any atom is -0.431 e. The Morgan fingerprint density at radius 2 is 1.78 bits per heavy atom. The number of nitrogens with zero attached hydrogens (tertiary/aromatic N) is 4. The normalized spacial score (nSPS) is 10.8. The van der Waals surface area contributed by atoms with Crippen molar-refractivity contribution in [1.82, 2.24) is 9.97 Å². The average Bonchev–Trinajstić information content (AvgIpc) is 3.24. The molecule has 0 fully saturated rings. The standard InChI is InChI=1S/C22H10F3N5OS/c23-15-10-14(4-3-13(15)11-27)28-22-29-18-5-7-32-20(18)21(30-22)31-19-16(24)8-12(2-1-6-26)9-17(19)25/h1-5,7-10H,(H,28,29,30)/b2-1+. The lowest BCUT2D eigenvalue weighted by Crippen LogP contribution is -2.01. The van der Waals surface area contributed by atoms with Crippen molar-refractivity contribution >= 4 is 39.3 Å². The molecule has 0 aliphatic rings. The van der Waals surface area contributed by atoms with Crippen LogP contribution in [0.2, 0.25) is 0 Å². The summed E-state index contributed by atoms with van der Waals surface area (Å²) < 4.78 is 48.8. The molecule has 2 aromatic carbocycles. The van der Waals surface area contributed by atoms with Gasteiger partial charge in [-0.05, 0) is 53.4 Å². The highest BCUT2D eigenvalue weighted by molar-refractivity contribution is 7.17. The molecule has 10 heteroatoms. The average molecular weight is 449 g/mol. The van der Waals surface area contributed by atoms with Crippen LogP contribution in [-0.4, -0.2) is 9.97 Å². The van der Waals surface area contributed by atoms with E-state index in [1.807, 2.05) is 0 Å². The molecule has 4 rings (SSSR count). The van der Waals surface area contributed by atoms with Crippen molar-refractivity contribution in [3.8, 4) is 23.8 Å². The molecule has 0 bridgehead atoms. The van der Waals surface area contributed by atoms with Gasteiger partial charge >= 0.3 is 0 Å². The van der Waals surface area contributed by atoms with Crippen molar-refractivity contribution in [3.05, 3.63) is 76.4 Å². The number of hydrogen-bond acceptors (Lipinski definition) is 7. The predicted molar refractivity (Wildman–Crippen MR) is 113 cm³/mol. The number of nitrogens with one attached hydrogen (secondary N) is 1. The molecule has 0 unspecified atom stereocenters. The third kappa shape index (κ3) is 4.21. The van der Waals surface area contributed by atoms with Gasteiger partial charge in [0.05, 0.1) is 17.1 Å². The number of thiophene rings is 1. The van der Waals surface area contributed by atoms with Gasteiger partial charge in [-0.15, -0.1) is 11.3 Å². The zero-order valence-corrected chi connectivity index (χ0v) is 16.8. The molecule has 0 radical (unpaired) electrons. The first-order chi connectivity index (χ1) is 15.5. The number of aromatic nitrogens is 2. The van der Waals surface area contributed by atoms with Crippen LogP contribution >= 0.6 is 11.3 Å². The monoisotopic (exact) mass is 449 g/mol. The Hall–Kier alpha value is -4.41. The van der Waals surface area contributed by atoms with Crippen LogP contribution in [-0.2, 0) is 0 Å². The fourth-order valence-corrected chi connectivity index (χ4v) is 3.53. The number of rotatable bonds is 5. The lowest BCUT2D eigenvalue weighted by atomic mass is 10.2. The SMILES string of the molecule is N#C/C=C/c1cc(F)c(Oc2nc(Nc3ccc(C#N)c(F)c3)nc3ccsc23)c(F)c1. The van der Waals surface area contributed by atoms with Crippen LogP contribution in [0.3, 0.4) is 0 Å². The Balaban J connectivity index is 1.70. The maximum atomic E-state index is 14.5. The van der Waals surface area contributed by atoms with Crippen LogP contribution in [0.25, 0.3) is 16.3 Å². The number of halogens is 3. The van der Waals surface area contributed by atoms with E-state index in [1.54, 1.807) is 23.6 Å². The maximum Gasteiger partial charge on any atom is 0.242 e. The van der Waals surface area contributed by atoms with Gasteiger partial charge in [-0.3, -0.25) is 0 Å². The number of benzene rings is 2. The fraction of sp³-hybridized carbons (Fsp3) is 0. The lowest BCUT2D eigenvalue weighted by molar-refractivity contribution is 0.400. The number of allylic oxidation sites excluding steroid dienone is 1. The van der Waals surface area contributed by atoms with Gasteiger partial charge in [0.15, 0.2) is 11.6 Å². The van der Waals surface area contributed by atoms with Crippen molar-refractivity contribution in [2.24, 2.45) is 0 Å². The molecule has 4 aromatic rings. The highest BCUT2D eigenvalue weighted by Gasteiger charge is 2.18. The summed E-state index contributed by atoms with van der Waals surface area (Å²) in [5.41, 5.74) is 0.759. The third-order valence-corrected chi connectivity index (χ3v) is 5.08. The molecule has 156 valence electrons. The minimum atomic E-state index is -0.977. The van der Waals surface area contributed by atoms with E-state index in [0.717, 1.165) is 24.3 Å². The van der Waals surface area contributed by atoms with Crippen molar-refractivity contribution < 1.29 is 17.9 Å². The second-order valence-corrected chi connectivity index (χ2v) is 7.21. The largest absolute Gasteiger partial charge is 0.431 e. The zero-order valence-electron chi connectivity index (χ0n) is 15.9. The summed E-state index contributed by atoms with van der Waals surface area (Å²) in [7, 11) is 0. The molecular formula is C22H10F3N5OS. The van der Waals surface area contributed by atoms with E-state index >= 15 is 0 Å². The summed E-state index contributed by atoms with van der Waals surface area (Å²) in [5.74, 6) is -3.43. The van der Waals surface area contributed by atoms with Crippen LogP contribution in [0.15, 0.2) is 47.9 Å². The molecular weight excluding hydrogens is 439 g/mol. The summed E-state index contributed by atoms with van der Waals surface area (Å²) in [6, 6.07) is 11.1. The van der Waals surface area contributed by atoms with Crippen molar-refractivity contribution in [3.63, 3.8) is 0 Å². The van der Waals surface area contributed by atoms with Crippen molar-refractivity contribution in [2.45, 2.75) is 0 Å². The quantitative estimate of drug-likeness (QED) is 0.373. The van der Waals surface area contributed by atoms with Gasteiger partial charge in [0.2, 0.25) is 17.6 Å². The van der Waals surface area contributed by atoms with Crippen LogP contribution < -0.4 is 10.1 Å². The minimum absolute atomic E-state index is 0.00407. The Bertz CT molecular complexity index is 1430. The first-order valence-electron chi connectivity index (χ1n) is 8.93. The van der Waals surface area contributed by atoms with E-state index in [0.29, 0.717) is 10.2 Å². The predicted octanol–water partition coefficient (Wildman–Crippen LogP) is 6.05. The molecule has 0 aliphatic heterocycles. The van der Waals surface area contributed by atoms with Crippen LogP contribution in [0, 0.1) is 40.1 Å². The van der Waals surface area contributed by atoms with E-state index in [2.05, 4.69) is 15.3 Å². The molecule has 32 heavy (non-hydrogen) atoms. The van der Waals surface area contributed by atoms with Crippen molar-refractivity contribution in [1.29, 1.82) is 10.5 Å². The molecule has 0 amide bonds. The van der Waals surface area contributed by atoms with Gasteiger partial charge in [0.1, 0.15) is 16.6 Å². The van der Waals surface area contributed by atoms with Gasteiger partial charge in [-0.25, -0.2) is 18.2 Å². The second kappa shape index (κ2) is 8.76. The zero-order chi connectivity index (χ0) is 22.7. The van der Waals surface area contributed by atoms with Gasteiger partial charge in [-0.2, -0.15) is 15.5 Å². The highest BCUT2D eigenvalue weighted by atomic mass is 32.1. The Kier molecular flexibility index (Phi) is 5.71. The Morgan fingerprint density at radius 3 is 2.47 bits per heavy atom. The molecule has 0 saturated heterocycles. The van der Waals surface area contributed by atoms with Crippen LogP contribution in [0.4, 0.5) is 24.8 Å². The molecule has 2 heterocycles. The number of fused-ring (bicyclic) bond motifs is 1. The van der Waals surface area contributed by atoms with Gasteiger partial charge in [0.25, 0.3) is 0 Å². The van der Waals surface area contributed by atoms with E-state index < -0.39 is 23.2 Å². The summed E-state index contributed by atoms with van der Waals surface area (Å²) in [6.45, 7) is 0. The van der Waals surface area contributed by atoms with E-state index in [9.17, 15) is 13.2 Å². The summed E-state index contributed by atoms with van der Waals surface area (Å²) in [5, 5.41) is 21.9. The topological polar surface area (TPSA) is 94.6 Å². The maximum absolute atomic E-state index is 14.5. The fourth-order valence-electron chi connectivity index (χ4n) is 2.78. The molecule has 2 aromatic heterocycles. The lowest BCUT2D eigenvalue weighted by Gasteiger charge is -2.11. The van der Waals surface area contributed by atoms with Crippen LogP contribution in [0.5, 0.6) is 11.6 Å². The molecule has 6 nitrogen and oxygen atoms in total. The molecule has 1 N–H and O–H groups in total. The summed E-state index contributed by atoms with van der Waals surface area (Å²) in [6.07, 6.45) is 2.36. The number of nitriles is 2. The number of hydrogen-bond donors (Lipinski definition) is 1. The number of ether oxygens (including phenoxy) is 1.